The molecule has 0 spiro atoms. The maximum Gasteiger partial charge on any atom is 0.253 e. The van der Waals surface area contributed by atoms with Crippen molar-refractivity contribution in [2.75, 3.05) is 13.1 Å². The molecule has 146 valence electrons. The predicted octanol–water partition coefficient (Wildman–Crippen LogP) is 3.11. The zero-order valence-corrected chi connectivity index (χ0v) is 16.1. The van der Waals surface area contributed by atoms with E-state index in [1.807, 2.05) is 71.1 Å². The van der Waals surface area contributed by atoms with Crippen LogP contribution < -0.4 is 10.5 Å². The molecule has 2 atom stereocenters. The number of aromatic nitrogens is 2. The lowest BCUT2D eigenvalue weighted by Gasteiger charge is -2.34. The molecule has 0 unspecified atom stereocenters. The average molecular weight is 378 g/mol. The van der Waals surface area contributed by atoms with Crippen molar-refractivity contribution in [1.82, 2.24) is 14.3 Å². The first-order valence-corrected chi connectivity index (χ1v) is 9.80. The number of imidazole rings is 1. The van der Waals surface area contributed by atoms with Gasteiger partial charge >= 0.3 is 0 Å². The number of rotatable bonds is 5. The standard InChI is InChI=1S/C22H26N4O2/c1-16(23)18-7-5-11-26(13-18)22(27)17-6-4-8-20(12-17)28-15-19-14-25-10-3-2-9-21(25)24-19/h2-4,6,8-10,12,14,16,18H,5,7,11,13,15,23H2,1H3/t16-,18+/m1/s1. The van der Waals surface area contributed by atoms with E-state index in [2.05, 4.69) is 4.98 Å². The Labute approximate surface area is 164 Å². The topological polar surface area (TPSA) is 72.9 Å². The number of hydrogen-bond acceptors (Lipinski definition) is 4. The van der Waals surface area contributed by atoms with Gasteiger partial charge in [0.25, 0.3) is 5.91 Å². The van der Waals surface area contributed by atoms with Gasteiger partial charge in [0.1, 0.15) is 18.0 Å². The molecule has 1 aliphatic rings. The van der Waals surface area contributed by atoms with Crippen molar-refractivity contribution in [1.29, 1.82) is 0 Å². The van der Waals surface area contributed by atoms with Gasteiger partial charge in [0.2, 0.25) is 0 Å². The van der Waals surface area contributed by atoms with Gasteiger partial charge in [-0.25, -0.2) is 4.98 Å². The molecule has 6 heteroatoms. The summed E-state index contributed by atoms with van der Waals surface area (Å²) in [6.07, 6.45) is 6.00. The molecule has 2 aromatic heterocycles. The summed E-state index contributed by atoms with van der Waals surface area (Å²) in [5.74, 6) is 1.08. The van der Waals surface area contributed by atoms with Crippen LogP contribution in [0.25, 0.3) is 5.65 Å². The fourth-order valence-corrected chi connectivity index (χ4v) is 3.74. The van der Waals surface area contributed by atoms with Gasteiger partial charge < -0.3 is 19.8 Å². The van der Waals surface area contributed by atoms with Crippen molar-refractivity contribution >= 4 is 11.6 Å². The van der Waals surface area contributed by atoms with Gasteiger partial charge in [-0.1, -0.05) is 12.1 Å². The molecule has 0 saturated carbocycles. The third-order valence-electron chi connectivity index (χ3n) is 5.37. The Balaban J connectivity index is 1.43. The second-order valence-corrected chi connectivity index (χ2v) is 7.53. The van der Waals surface area contributed by atoms with E-state index in [0.717, 1.165) is 37.3 Å². The monoisotopic (exact) mass is 378 g/mol. The lowest BCUT2D eigenvalue weighted by Crippen LogP contribution is -2.45. The maximum absolute atomic E-state index is 12.9. The quantitative estimate of drug-likeness (QED) is 0.740. The summed E-state index contributed by atoms with van der Waals surface area (Å²) < 4.78 is 7.85. The zero-order valence-electron chi connectivity index (χ0n) is 16.1. The molecule has 1 fully saturated rings. The SMILES string of the molecule is C[C@@H](N)[C@H]1CCCN(C(=O)c2cccc(OCc3cn4ccccc4n3)c2)C1. The van der Waals surface area contributed by atoms with Crippen LogP contribution in [-0.4, -0.2) is 39.3 Å². The van der Waals surface area contributed by atoms with Gasteiger partial charge in [0, 0.05) is 37.1 Å². The second-order valence-electron chi connectivity index (χ2n) is 7.53. The Hall–Kier alpha value is -2.86. The van der Waals surface area contributed by atoms with Crippen molar-refractivity contribution in [2.24, 2.45) is 11.7 Å². The first kappa shape index (κ1) is 18.5. The van der Waals surface area contributed by atoms with Crippen LogP contribution in [-0.2, 0) is 6.61 Å². The molecule has 1 amide bonds. The number of pyridine rings is 1. The second kappa shape index (κ2) is 8.02. The molecule has 1 aromatic carbocycles. The van der Waals surface area contributed by atoms with Gasteiger partial charge in [-0.05, 0) is 56.0 Å². The first-order valence-electron chi connectivity index (χ1n) is 9.80. The number of ether oxygens (including phenoxy) is 1. The van der Waals surface area contributed by atoms with E-state index >= 15 is 0 Å². The van der Waals surface area contributed by atoms with Crippen molar-refractivity contribution in [3.63, 3.8) is 0 Å². The van der Waals surface area contributed by atoms with E-state index < -0.39 is 0 Å². The molecule has 0 bridgehead atoms. The normalized spacial score (nSPS) is 18.2. The van der Waals surface area contributed by atoms with Gasteiger partial charge in [0.05, 0.1) is 5.69 Å². The average Bonchev–Trinajstić information content (AvgIpc) is 3.15. The number of amides is 1. The van der Waals surface area contributed by atoms with Gasteiger partial charge in [0.15, 0.2) is 0 Å². The van der Waals surface area contributed by atoms with Crippen LogP contribution in [0.1, 0.15) is 35.8 Å². The molecule has 4 rings (SSSR count). The Morgan fingerprint density at radius 3 is 3.04 bits per heavy atom. The fraction of sp³-hybridized carbons (Fsp3) is 0.364. The number of nitrogens with two attached hydrogens (primary N) is 1. The molecular formula is C22H26N4O2. The highest BCUT2D eigenvalue weighted by Crippen LogP contribution is 2.22. The molecule has 28 heavy (non-hydrogen) atoms. The molecule has 3 aromatic rings. The van der Waals surface area contributed by atoms with E-state index in [4.69, 9.17) is 10.5 Å². The number of carbonyl (C=O) groups is 1. The number of carbonyl (C=O) groups excluding carboxylic acids is 1. The number of likely N-dealkylation sites (tertiary alicyclic amines) is 1. The lowest BCUT2D eigenvalue weighted by molar-refractivity contribution is 0.0660. The van der Waals surface area contributed by atoms with Crippen LogP contribution >= 0.6 is 0 Å². The van der Waals surface area contributed by atoms with Crippen molar-refractivity contribution < 1.29 is 9.53 Å². The predicted molar refractivity (Wildman–Crippen MR) is 108 cm³/mol. The minimum absolute atomic E-state index is 0.0449. The Bertz CT molecular complexity index is 933. The Kier molecular flexibility index (Phi) is 5.30. The van der Waals surface area contributed by atoms with E-state index in [-0.39, 0.29) is 11.9 Å². The number of nitrogens with zero attached hydrogens (tertiary/aromatic N) is 3. The van der Waals surface area contributed by atoms with Crippen LogP contribution in [0.3, 0.4) is 0 Å². The highest BCUT2D eigenvalue weighted by Gasteiger charge is 2.26. The largest absolute Gasteiger partial charge is 0.487 e. The number of benzene rings is 1. The third kappa shape index (κ3) is 4.02. The van der Waals surface area contributed by atoms with Crippen LogP contribution in [0, 0.1) is 5.92 Å². The maximum atomic E-state index is 12.9. The summed E-state index contributed by atoms with van der Waals surface area (Å²) >= 11 is 0. The number of fused-ring (bicyclic) bond motifs is 1. The number of piperidine rings is 1. The summed E-state index contributed by atoms with van der Waals surface area (Å²) in [6.45, 7) is 3.89. The van der Waals surface area contributed by atoms with Crippen molar-refractivity contribution in [3.05, 3.63) is 66.1 Å². The van der Waals surface area contributed by atoms with Gasteiger partial charge in [-0.3, -0.25) is 4.79 Å². The molecule has 6 nitrogen and oxygen atoms in total. The van der Waals surface area contributed by atoms with E-state index in [1.54, 1.807) is 0 Å². The zero-order chi connectivity index (χ0) is 19.5. The molecular weight excluding hydrogens is 352 g/mol. The summed E-state index contributed by atoms with van der Waals surface area (Å²) in [6, 6.07) is 13.4. The van der Waals surface area contributed by atoms with Crippen LogP contribution in [0.4, 0.5) is 0 Å². The van der Waals surface area contributed by atoms with E-state index in [1.165, 1.54) is 0 Å². The van der Waals surface area contributed by atoms with Gasteiger partial charge in [-0.15, -0.1) is 0 Å². The first-order chi connectivity index (χ1) is 13.6. The van der Waals surface area contributed by atoms with Crippen LogP contribution in [0.2, 0.25) is 0 Å². The minimum atomic E-state index is 0.0449. The van der Waals surface area contributed by atoms with Crippen molar-refractivity contribution in [3.8, 4) is 5.75 Å². The molecule has 2 N–H and O–H groups in total. The molecule has 0 radical (unpaired) electrons. The smallest absolute Gasteiger partial charge is 0.253 e. The summed E-state index contributed by atoms with van der Waals surface area (Å²) in [7, 11) is 0. The molecule has 1 aliphatic heterocycles. The Morgan fingerprint density at radius 2 is 2.21 bits per heavy atom. The summed E-state index contributed by atoms with van der Waals surface area (Å²) in [5.41, 5.74) is 8.43. The summed E-state index contributed by atoms with van der Waals surface area (Å²) in [4.78, 5) is 19.4. The van der Waals surface area contributed by atoms with Crippen LogP contribution in [0.15, 0.2) is 54.9 Å². The van der Waals surface area contributed by atoms with Crippen LogP contribution in [0.5, 0.6) is 5.75 Å². The Morgan fingerprint density at radius 1 is 1.32 bits per heavy atom. The molecule has 3 heterocycles. The minimum Gasteiger partial charge on any atom is -0.487 e. The highest BCUT2D eigenvalue weighted by atomic mass is 16.5. The fourth-order valence-electron chi connectivity index (χ4n) is 3.74. The van der Waals surface area contributed by atoms with Crippen molar-refractivity contribution in [2.45, 2.75) is 32.4 Å². The molecule has 1 saturated heterocycles. The lowest BCUT2D eigenvalue weighted by atomic mass is 9.92. The third-order valence-corrected chi connectivity index (χ3v) is 5.37. The highest BCUT2D eigenvalue weighted by molar-refractivity contribution is 5.94. The summed E-state index contributed by atoms with van der Waals surface area (Å²) in [5, 5.41) is 0. The van der Waals surface area contributed by atoms with E-state index in [0.29, 0.717) is 23.8 Å². The van der Waals surface area contributed by atoms with E-state index in [9.17, 15) is 4.79 Å². The number of hydrogen-bond donors (Lipinski definition) is 1. The molecule has 0 aliphatic carbocycles. The van der Waals surface area contributed by atoms with Gasteiger partial charge in [-0.2, -0.15) is 0 Å².